The molecule has 0 aromatic carbocycles. The van der Waals surface area contributed by atoms with Gasteiger partial charge in [-0.15, -0.1) is 0 Å². The van der Waals surface area contributed by atoms with E-state index in [0.717, 1.165) is 18.7 Å². The van der Waals surface area contributed by atoms with Crippen LogP contribution in [0.4, 0.5) is 0 Å². The summed E-state index contributed by atoms with van der Waals surface area (Å²) in [5, 5.41) is 8.50. The fourth-order valence-corrected chi connectivity index (χ4v) is 1.32. The number of pyridine rings is 1. The summed E-state index contributed by atoms with van der Waals surface area (Å²) in [6.45, 7) is 2.05. The summed E-state index contributed by atoms with van der Waals surface area (Å²) >= 11 is 0. The normalized spacial score (nSPS) is 16.1. The lowest BCUT2D eigenvalue weighted by atomic mass is 10.2. The number of aromatic nitrogens is 1. The highest BCUT2D eigenvalue weighted by molar-refractivity contribution is 5.08. The third kappa shape index (κ3) is 2.01. The van der Waals surface area contributed by atoms with Crippen molar-refractivity contribution in [3.05, 3.63) is 30.1 Å². The van der Waals surface area contributed by atoms with E-state index < -0.39 is 0 Å². The third-order valence-corrected chi connectivity index (χ3v) is 2.22. The molecule has 1 aromatic heterocycles. The van der Waals surface area contributed by atoms with Crippen molar-refractivity contribution in [3.8, 4) is 6.19 Å². The maximum absolute atomic E-state index is 8.50. The second-order valence-corrected chi connectivity index (χ2v) is 3.29. The van der Waals surface area contributed by atoms with Crippen molar-refractivity contribution in [1.82, 2.24) is 9.88 Å². The zero-order valence-electron chi connectivity index (χ0n) is 7.76. The molecular weight excluding hydrogens is 178 g/mol. The van der Waals surface area contributed by atoms with E-state index in [0.29, 0.717) is 6.61 Å². The molecule has 0 aliphatic carbocycles. The largest absolute Gasteiger partial charge is 0.370 e. The van der Waals surface area contributed by atoms with Crippen molar-refractivity contribution in [2.75, 3.05) is 13.1 Å². The van der Waals surface area contributed by atoms with E-state index in [9.17, 15) is 0 Å². The average molecular weight is 189 g/mol. The van der Waals surface area contributed by atoms with Crippen LogP contribution in [-0.4, -0.2) is 29.1 Å². The highest BCUT2D eigenvalue weighted by atomic mass is 16.5. The first-order valence-corrected chi connectivity index (χ1v) is 4.53. The van der Waals surface area contributed by atoms with Gasteiger partial charge in [-0.25, -0.2) is 0 Å². The molecular formula is C10H11N3O. The molecule has 0 saturated carbocycles. The van der Waals surface area contributed by atoms with Gasteiger partial charge in [-0.2, -0.15) is 5.26 Å². The maximum Gasteiger partial charge on any atom is 0.179 e. The Bertz CT molecular complexity index is 327. The van der Waals surface area contributed by atoms with Gasteiger partial charge in [0.15, 0.2) is 6.19 Å². The van der Waals surface area contributed by atoms with Crippen LogP contribution in [-0.2, 0) is 11.3 Å². The van der Waals surface area contributed by atoms with E-state index in [2.05, 4.69) is 11.2 Å². The molecule has 0 N–H and O–H groups in total. The maximum atomic E-state index is 8.50. The van der Waals surface area contributed by atoms with Crippen molar-refractivity contribution >= 4 is 0 Å². The minimum absolute atomic E-state index is 0.211. The van der Waals surface area contributed by atoms with E-state index in [1.165, 1.54) is 0 Å². The minimum Gasteiger partial charge on any atom is -0.370 e. The van der Waals surface area contributed by atoms with Gasteiger partial charge in [0.1, 0.15) is 0 Å². The minimum atomic E-state index is 0.211. The first kappa shape index (κ1) is 8.97. The smallest absolute Gasteiger partial charge is 0.179 e. The Morgan fingerprint density at radius 2 is 2.21 bits per heavy atom. The predicted octanol–water partition coefficient (Wildman–Crippen LogP) is 0.763. The number of ether oxygens (including phenoxy) is 1. The highest BCUT2D eigenvalue weighted by Gasteiger charge is 2.26. The van der Waals surface area contributed by atoms with Crippen molar-refractivity contribution < 1.29 is 4.74 Å². The molecule has 0 bridgehead atoms. The Kier molecular flexibility index (Phi) is 2.61. The third-order valence-electron chi connectivity index (χ3n) is 2.22. The van der Waals surface area contributed by atoms with Gasteiger partial charge >= 0.3 is 0 Å². The second-order valence-electron chi connectivity index (χ2n) is 3.29. The van der Waals surface area contributed by atoms with Gasteiger partial charge in [-0.1, -0.05) is 0 Å². The van der Waals surface area contributed by atoms with Crippen LogP contribution in [0, 0.1) is 11.5 Å². The number of hydrogen-bond donors (Lipinski definition) is 0. The molecule has 4 nitrogen and oxygen atoms in total. The molecule has 0 atom stereocenters. The summed E-state index contributed by atoms with van der Waals surface area (Å²) < 4.78 is 5.58. The molecule has 1 fully saturated rings. The zero-order valence-corrected chi connectivity index (χ0v) is 7.76. The first-order valence-electron chi connectivity index (χ1n) is 4.53. The molecule has 0 spiro atoms. The molecule has 1 saturated heterocycles. The van der Waals surface area contributed by atoms with Gasteiger partial charge < -0.3 is 9.64 Å². The molecule has 2 rings (SSSR count). The van der Waals surface area contributed by atoms with Gasteiger partial charge in [0.2, 0.25) is 0 Å². The lowest BCUT2D eigenvalue weighted by molar-refractivity contribution is -0.0400. The van der Waals surface area contributed by atoms with Crippen LogP contribution in [0.1, 0.15) is 5.56 Å². The first-order chi connectivity index (χ1) is 6.88. The summed E-state index contributed by atoms with van der Waals surface area (Å²) in [4.78, 5) is 5.60. The van der Waals surface area contributed by atoms with E-state index in [1.807, 2.05) is 12.1 Å². The van der Waals surface area contributed by atoms with Gasteiger partial charge in [0.25, 0.3) is 0 Å². The van der Waals surface area contributed by atoms with E-state index in [1.54, 1.807) is 17.3 Å². The summed E-state index contributed by atoms with van der Waals surface area (Å²) in [6, 6.07) is 3.86. The van der Waals surface area contributed by atoms with Crippen molar-refractivity contribution in [1.29, 1.82) is 5.26 Å². The van der Waals surface area contributed by atoms with E-state index >= 15 is 0 Å². The lowest BCUT2D eigenvalue weighted by Gasteiger charge is -2.34. The number of likely N-dealkylation sites (tertiary alicyclic amines) is 1. The van der Waals surface area contributed by atoms with Gasteiger partial charge in [-0.05, 0) is 17.7 Å². The summed E-state index contributed by atoms with van der Waals surface area (Å²) in [5.74, 6) is 0. The standard InChI is InChI=1S/C10H11N3O/c11-8-13-5-10(6-13)14-7-9-1-3-12-4-2-9/h1-4,10H,5-7H2. The SMILES string of the molecule is N#CN1CC(OCc2ccncc2)C1. The van der Waals surface area contributed by atoms with Gasteiger partial charge in [-0.3, -0.25) is 4.98 Å². The van der Waals surface area contributed by atoms with Crippen LogP contribution in [0.25, 0.3) is 0 Å². The topological polar surface area (TPSA) is 49.2 Å². The predicted molar refractivity (Wildman–Crippen MR) is 50.0 cm³/mol. The Balaban J connectivity index is 1.72. The quantitative estimate of drug-likeness (QED) is 0.659. The van der Waals surface area contributed by atoms with Crippen molar-refractivity contribution in [2.45, 2.75) is 12.7 Å². The Morgan fingerprint density at radius 1 is 1.50 bits per heavy atom. The van der Waals surface area contributed by atoms with Crippen molar-refractivity contribution in [2.24, 2.45) is 0 Å². The van der Waals surface area contributed by atoms with Crippen LogP contribution >= 0.6 is 0 Å². The molecule has 0 radical (unpaired) electrons. The summed E-state index contributed by atoms with van der Waals surface area (Å²) in [5.41, 5.74) is 1.12. The average Bonchev–Trinajstić information content (AvgIpc) is 2.17. The number of rotatable bonds is 3. The summed E-state index contributed by atoms with van der Waals surface area (Å²) in [7, 11) is 0. The van der Waals surface area contributed by atoms with Gasteiger partial charge in [0.05, 0.1) is 25.8 Å². The van der Waals surface area contributed by atoms with Crippen LogP contribution in [0.2, 0.25) is 0 Å². The van der Waals surface area contributed by atoms with Crippen LogP contribution in [0.5, 0.6) is 0 Å². The Labute approximate surface area is 82.7 Å². The zero-order chi connectivity index (χ0) is 9.80. The molecule has 4 heteroatoms. The Morgan fingerprint density at radius 3 is 2.86 bits per heavy atom. The molecule has 1 aliphatic heterocycles. The number of nitrogens with zero attached hydrogens (tertiary/aromatic N) is 3. The number of nitriles is 1. The molecule has 1 aromatic rings. The van der Waals surface area contributed by atoms with Crippen LogP contribution in [0.3, 0.4) is 0 Å². The molecule has 72 valence electrons. The fraction of sp³-hybridized carbons (Fsp3) is 0.400. The molecule has 2 heterocycles. The molecule has 1 aliphatic rings. The molecule has 14 heavy (non-hydrogen) atoms. The molecule has 0 amide bonds. The number of hydrogen-bond acceptors (Lipinski definition) is 4. The second kappa shape index (κ2) is 4.07. The van der Waals surface area contributed by atoms with Crippen LogP contribution in [0.15, 0.2) is 24.5 Å². The molecule has 0 unspecified atom stereocenters. The van der Waals surface area contributed by atoms with Crippen molar-refractivity contribution in [3.63, 3.8) is 0 Å². The Hall–Kier alpha value is -1.60. The fourth-order valence-electron chi connectivity index (χ4n) is 1.32. The van der Waals surface area contributed by atoms with E-state index in [-0.39, 0.29) is 6.10 Å². The highest BCUT2D eigenvalue weighted by Crippen LogP contribution is 2.12. The van der Waals surface area contributed by atoms with Gasteiger partial charge in [0, 0.05) is 12.4 Å². The van der Waals surface area contributed by atoms with Crippen LogP contribution < -0.4 is 0 Å². The lowest BCUT2D eigenvalue weighted by Crippen LogP contribution is -2.49. The summed E-state index contributed by atoms with van der Waals surface area (Å²) in [6.07, 6.45) is 5.79. The van der Waals surface area contributed by atoms with E-state index in [4.69, 9.17) is 10.00 Å². The monoisotopic (exact) mass is 189 g/mol.